The van der Waals surface area contributed by atoms with Crippen molar-refractivity contribution in [2.24, 2.45) is 0 Å². The lowest BCUT2D eigenvalue weighted by Crippen LogP contribution is -2.31. The minimum atomic E-state index is -0.319. The first kappa shape index (κ1) is 17.8. The highest BCUT2D eigenvalue weighted by Gasteiger charge is 2.33. The molecule has 7 heteroatoms. The Labute approximate surface area is 167 Å². The summed E-state index contributed by atoms with van der Waals surface area (Å²) in [6, 6.07) is 11.6. The molecule has 2 aliphatic heterocycles. The molecule has 0 bridgehead atoms. The maximum absolute atomic E-state index is 13.5. The van der Waals surface area contributed by atoms with Crippen LogP contribution in [0.5, 0.6) is 0 Å². The molecule has 1 aromatic heterocycles. The number of H-pyrrole nitrogens is 1. The van der Waals surface area contributed by atoms with Crippen LogP contribution in [-0.2, 0) is 4.79 Å². The van der Waals surface area contributed by atoms with E-state index in [4.69, 9.17) is 0 Å². The number of hydrogen-bond acceptors (Lipinski definition) is 3. The molecule has 2 aliphatic rings. The van der Waals surface area contributed by atoms with Crippen LogP contribution in [-0.4, -0.2) is 39.8 Å². The highest BCUT2D eigenvalue weighted by atomic mass is 19.1. The number of fused-ring (bicyclic) bond motifs is 1. The number of carbonyl (C=O) groups excluding carboxylic acids is 2. The van der Waals surface area contributed by atoms with Gasteiger partial charge in [-0.25, -0.2) is 9.37 Å². The first-order valence-corrected chi connectivity index (χ1v) is 9.97. The van der Waals surface area contributed by atoms with E-state index >= 15 is 0 Å². The zero-order valence-corrected chi connectivity index (χ0v) is 15.9. The second-order valence-electron chi connectivity index (χ2n) is 7.64. The van der Waals surface area contributed by atoms with Crippen molar-refractivity contribution in [2.75, 3.05) is 18.0 Å². The number of aromatic nitrogens is 2. The largest absolute Gasteiger partial charge is 0.340 e. The van der Waals surface area contributed by atoms with E-state index in [2.05, 4.69) is 9.97 Å². The molecule has 0 spiro atoms. The molecule has 1 atom stereocenters. The number of carbonyl (C=O) groups is 2. The van der Waals surface area contributed by atoms with Gasteiger partial charge in [-0.2, -0.15) is 0 Å². The molecule has 0 saturated carbocycles. The lowest BCUT2D eigenvalue weighted by molar-refractivity contribution is -0.117. The number of imidazole rings is 1. The van der Waals surface area contributed by atoms with Crippen molar-refractivity contribution in [1.29, 1.82) is 0 Å². The number of halogens is 1. The van der Waals surface area contributed by atoms with Gasteiger partial charge in [-0.1, -0.05) is 6.07 Å². The minimum Gasteiger partial charge on any atom is -0.340 e. The van der Waals surface area contributed by atoms with Gasteiger partial charge in [-0.15, -0.1) is 0 Å². The van der Waals surface area contributed by atoms with E-state index in [1.807, 2.05) is 17.0 Å². The molecule has 29 heavy (non-hydrogen) atoms. The summed E-state index contributed by atoms with van der Waals surface area (Å²) >= 11 is 0. The number of nitrogens with one attached hydrogen (secondary N) is 1. The topological polar surface area (TPSA) is 69.3 Å². The Bertz CT molecular complexity index is 1110. The Morgan fingerprint density at radius 3 is 2.86 bits per heavy atom. The highest BCUT2D eigenvalue weighted by Crippen LogP contribution is 2.33. The fourth-order valence-electron chi connectivity index (χ4n) is 4.35. The summed E-state index contributed by atoms with van der Waals surface area (Å²) in [7, 11) is 0. The van der Waals surface area contributed by atoms with E-state index in [0.717, 1.165) is 24.9 Å². The molecule has 2 saturated heterocycles. The quantitative estimate of drug-likeness (QED) is 0.737. The zero-order chi connectivity index (χ0) is 20.0. The minimum absolute atomic E-state index is 0.0763. The van der Waals surface area contributed by atoms with E-state index in [0.29, 0.717) is 41.9 Å². The second-order valence-corrected chi connectivity index (χ2v) is 7.64. The van der Waals surface area contributed by atoms with Crippen LogP contribution >= 0.6 is 0 Å². The number of aromatic amines is 1. The molecule has 3 heterocycles. The number of nitrogens with zero attached hydrogens (tertiary/aromatic N) is 3. The molecule has 3 aromatic rings. The Morgan fingerprint density at radius 2 is 2.03 bits per heavy atom. The molecule has 2 amide bonds. The fourth-order valence-corrected chi connectivity index (χ4v) is 4.35. The van der Waals surface area contributed by atoms with E-state index < -0.39 is 0 Å². The summed E-state index contributed by atoms with van der Waals surface area (Å²) in [5.41, 5.74) is 2.66. The molecule has 148 valence electrons. The molecular formula is C22H21FN4O2. The average Bonchev–Trinajstić information content (AvgIpc) is 3.45. The monoisotopic (exact) mass is 392 g/mol. The van der Waals surface area contributed by atoms with Gasteiger partial charge in [0.05, 0.1) is 17.1 Å². The van der Waals surface area contributed by atoms with Crippen molar-refractivity contribution in [1.82, 2.24) is 14.9 Å². The standard InChI is InChI=1S/C22H21FN4O2/c23-15-8-9-17-18(13-15)25-21(24-17)19-6-2-11-27(19)22(29)14-4-1-5-16(12-14)26-10-3-7-20(26)28/h1,4-5,8-9,12-13,19H,2-3,6-7,10-11H2,(H,24,25). The third kappa shape index (κ3) is 3.16. The normalized spacial score (nSPS) is 19.5. The maximum atomic E-state index is 13.5. The zero-order valence-electron chi connectivity index (χ0n) is 15.9. The predicted molar refractivity (Wildman–Crippen MR) is 107 cm³/mol. The van der Waals surface area contributed by atoms with Gasteiger partial charge in [0.2, 0.25) is 5.91 Å². The summed E-state index contributed by atoms with van der Waals surface area (Å²) in [6.45, 7) is 1.33. The number of anilines is 1. The van der Waals surface area contributed by atoms with Gasteiger partial charge in [-0.3, -0.25) is 9.59 Å². The van der Waals surface area contributed by atoms with Crippen LogP contribution in [0, 0.1) is 5.82 Å². The smallest absolute Gasteiger partial charge is 0.254 e. The lowest BCUT2D eigenvalue weighted by Gasteiger charge is -2.24. The van der Waals surface area contributed by atoms with Crippen LogP contribution in [0.15, 0.2) is 42.5 Å². The van der Waals surface area contributed by atoms with Gasteiger partial charge in [0.15, 0.2) is 0 Å². The third-order valence-corrected chi connectivity index (χ3v) is 5.77. The van der Waals surface area contributed by atoms with Gasteiger partial charge in [-0.05, 0) is 55.7 Å². The Balaban J connectivity index is 1.43. The van der Waals surface area contributed by atoms with Crippen molar-refractivity contribution < 1.29 is 14.0 Å². The van der Waals surface area contributed by atoms with Gasteiger partial charge in [0.1, 0.15) is 11.6 Å². The SMILES string of the molecule is O=C1CCCN1c1cccc(C(=O)N2CCCC2c2nc3ccc(F)cc3[nH]2)c1. The van der Waals surface area contributed by atoms with Gasteiger partial charge < -0.3 is 14.8 Å². The maximum Gasteiger partial charge on any atom is 0.254 e. The molecule has 2 fully saturated rings. The molecule has 5 rings (SSSR count). The van der Waals surface area contributed by atoms with E-state index in [9.17, 15) is 14.0 Å². The molecule has 1 unspecified atom stereocenters. The number of likely N-dealkylation sites (tertiary alicyclic amines) is 1. The second kappa shape index (κ2) is 6.99. The first-order chi connectivity index (χ1) is 14.1. The highest BCUT2D eigenvalue weighted by molar-refractivity contribution is 5.99. The Kier molecular flexibility index (Phi) is 4.30. The Morgan fingerprint density at radius 1 is 1.14 bits per heavy atom. The van der Waals surface area contributed by atoms with Crippen LogP contribution in [0.2, 0.25) is 0 Å². The lowest BCUT2D eigenvalue weighted by atomic mass is 10.1. The van der Waals surface area contributed by atoms with Crippen molar-refractivity contribution in [3.8, 4) is 0 Å². The van der Waals surface area contributed by atoms with Crippen molar-refractivity contribution in [3.63, 3.8) is 0 Å². The molecule has 1 N–H and O–H groups in total. The molecular weight excluding hydrogens is 371 g/mol. The predicted octanol–water partition coefficient (Wildman–Crippen LogP) is 3.81. The van der Waals surface area contributed by atoms with E-state index in [1.165, 1.54) is 12.1 Å². The summed E-state index contributed by atoms with van der Waals surface area (Å²) in [5.74, 6) is 0.387. The summed E-state index contributed by atoms with van der Waals surface area (Å²) in [5, 5.41) is 0. The molecule has 2 aromatic carbocycles. The van der Waals surface area contributed by atoms with Crippen LogP contribution in [0.3, 0.4) is 0 Å². The van der Waals surface area contributed by atoms with Crippen LogP contribution in [0.4, 0.5) is 10.1 Å². The average molecular weight is 392 g/mol. The Hall–Kier alpha value is -3.22. The van der Waals surface area contributed by atoms with Crippen LogP contribution in [0.1, 0.15) is 47.9 Å². The van der Waals surface area contributed by atoms with E-state index in [-0.39, 0.29) is 23.7 Å². The number of hydrogen-bond donors (Lipinski definition) is 1. The fraction of sp³-hybridized carbons (Fsp3) is 0.318. The molecule has 0 aliphatic carbocycles. The van der Waals surface area contributed by atoms with Gasteiger partial charge in [0, 0.05) is 30.8 Å². The van der Waals surface area contributed by atoms with E-state index in [1.54, 1.807) is 23.1 Å². The van der Waals surface area contributed by atoms with Crippen LogP contribution in [0.25, 0.3) is 11.0 Å². The van der Waals surface area contributed by atoms with Crippen molar-refractivity contribution in [3.05, 3.63) is 59.7 Å². The molecule has 0 radical (unpaired) electrons. The number of amides is 2. The van der Waals surface area contributed by atoms with Crippen molar-refractivity contribution >= 4 is 28.5 Å². The third-order valence-electron chi connectivity index (χ3n) is 5.77. The number of benzene rings is 2. The van der Waals surface area contributed by atoms with Crippen LogP contribution < -0.4 is 4.90 Å². The first-order valence-electron chi connectivity index (χ1n) is 9.97. The summed E-state index contributed by atoms with van der Waals surface area (Å²) in [6.07, 6.45) is 3.08. The molecule has 6 nitrogen and oxygen atoms in total. The van der Waals surface area contributed by atoms with Gasteiger partial charge in [0.25, 0.3) is 5.91 Å². The number of rotatable bonds is 3. The van der Waals surface area contributed by atoms with Gasteiger partial charge >= 0.3 is 0 Å². The summed E-state index contributed by atoms with van der Waals surface area (Å²) in [4.78, 5) is 36.6. The summed E-state index contributed by atoms with van der Waals surface area (Å²) < 4.78 is 13.5. The van der Waals surface area contributed by atoms with Crippen molar-refractivity contribution in [2.45, 2.75) is 31.7 Å².